The maximum atomic E-state index is 12.4. The van der Waals surface area contributed by atoms with Crippen molar-refractivity contribution >= 4 is 11.8 Å². The highest BCUT2D eigenvalue weighted by molar-refractivity contribution is 5.94. The van der Waals surface area contributed by atoms with Gasteiger partial charge < -0.3 is 10.2 Å². The second kappa shape index (κ2) is 6.66. The van der Waals surface area contributed by atoms with E-state index in [4.69, 9.17) is 0 Å². The van der Waals surface area contributed by atoms with Gasteiger partial charge in [0.05, 0.1) is 0 Å². The Bertz CT molecular complexity index is 761. The first kappa shape index (κ1) is 15.8. The van der Waals surface area contributed by atoms with Crippen LogP contribution in [-0.2, 0) is 0 Å². The number of nitrogens with zero attached hydrogens (tertiary/aromatic N) is 3. The second-order valence-electron chi connectivity index (χ2n) is 6.76. The van der Waals surface area contributed by atoms with Crippen LogP contribution < -0.4 is 5.32 Å². The van der Waals surface area contributed by atoms with E-state index >= 15 is 0 Å². The van der Waals surface area contributed by atoms with Gasteiger partial charge in [-0.1, -0.05) is 0 Å². The van der Waals surface area contributed by atoms with Gasteiger partial charge in [0, 0.05) is 48.7 Å². The van der Waals surface area contributed by atoms with Gasteiger partial charge in [-0.25, -0.2) is 0 Å². The number of rotatable bonds is 4. The summed E-state index contributed by atoms with van der Waals surface area (Å²) in [6.07, 6.45) is 7.10. The zero-order chi connectivity index (χ0) is 17.2. The lowest BCUT2D eigenvalue weighted by Crippen LogP contribution is -2.46. The normalized spacial score (nSPS) is 18.2. The summed E-state index contributed by atoms with van der Waals surface area (Å²) in [4.78, 5) is 30.5. The first-order chi connectivity index (χ1) is 12.2. The van der Waals surface area contributed by atoms with Gasteiger partial charge >= 0.3 is 0 Å². The van der Waals surface area contributed by atoms with Crippen LogP contribution in [0.25, 0.3) is 0 Å². The van der Waals surface area contributed by atoms with Crippen LogP contribution in [0.1, 0.15) is 58.1 Å². The van der Waals surface area contributed by atoms with Gasteiger partial charge in [0.15, 0.2) is 0 Å². The number of hydrogen-bond donors (Lipinski definition) is 2. The molecule has 2 amide bonds. The predicted molar refractivity (Wildman–Crippen MR) is 91.2 cm³/mol. The fraction of sp³-hybridized carbons (Fsp3) is 0.444. The summed E-state index contributed by atoms with van der Waals surface area (Å²) in [6, 6.07) is 5.39. The van der Waals surface area contributed by atoms with Crippen molar-refractivity contribution in [2.45, 2.75) is 37.6 Å². The number of H-pyrrole nitrogens is 1. The van der Waals surface area contributed by atoms with E-state index in [2.05, 4.69) is 20.5 Å². The fourth-order valence-corrected chi connectivity index (χ4v) is 3.22. The quantitative estimate of drug-likeness (QED) is 0.887. The molecular weight excluding hydrogens is 318 g/mol. The van der Waals surface area contributed by atoms with E-state index in [1.807, 2.05) is 11.0 Å². The van der Waals surface area contributed by atoms with Gasteiger partial charge in [0.1, 0.15) is 5.69 Å². The number of carbonyl (C=O) groups is 2. The van der Waals surface area contributed by atoms with Crippen molar-refractivity contribution in [1.29, 1.82) is 0 Å². The van der Waals surface area contributed by atoms with Crippen LogP contribution in [0, 0.1) is 0 Å². The number of nitrogens with one attached hydrogen (secondary N) is 2. The lowest BCUT2D eigenvalue weighted by molar-refractivity contribution is 0.0697. The zero-order valence-electron chi connectivity index (χ0n) is 13.9. The summed E-state index contributed by atoms with van der Waals surface area (Å²) in [5.41, 5.74) is 2.17. The van der Waals surface area contributed by atoms with Gasteiger partial charge in [-0.05, 0) is 43.9 Å². The maximum Gasteiger partial charge on any atom is 0.271 e. The van der Waals surface area contributed by atoms with E-state index in [1.165, 1.54) is 12.8 Å². The van der Waals surface area contributed by atoms with Crippen molar-refractivity contribution in [1.82, 2.24) is 25.4 Å². The number of hydrogen-bond acceptors (Lipinski definition) is 4. The Morgan fingerprint density at radius 1 is 1.12 bits per heavy atom. The Hall–Kier alpha value is -2.70. The molecule has 0 spiro atoms. The number of aromatic nitrogens is 3. The van der Waals surface area contributed by atoms with Crippen molar-refractivity contribution in [2.24, 2.45) is 0 Å². The molecule has 2 N–H and O–H groups in total. The van der Waals surface area contributed by atoms with Crippen LogP contribution >= 0.6 is 0 Å². The van der Waals surface area contributed by atoms with Crippen LogP contribution in [0.3, 0.4) is 0 Å². The Morgan fingerprint density at radius 3 is 2.52 bits per heavy atom. The van der Waals surface area contributed by atoms with Gasteiger partial charge in [-0.3, -0.25) is 19.7 Å². The topological polar surface area (TPSA) is 91.0 Å². The summed E-state index contributed by atoms with van der Waals surface area (Å²) in [5.74, 6) is 0.437. The minimum Gasteiger partial charge on any atom is -0.348 e. The first-order valence-electron chi connectivity index (χ1n) is 8.76. The molecule has 2 aromatic rings. The smallest absolute Gasteiger partial charge is 0.271 e. The highest BCUT2D eigenvalue weighted by Crippen LogP contribution is 2.38. The highest BCUT2D eigenvalue weighted by atomic mass is 16.2. The molecule has 4 rings (SSSR count). The Labute approximate surface area is 145 Å². The lowest BCUT2D eigenvalue weighted by Gasteiger charge is -2.32. The number of amides is 2. The minimum absolute atomic E-state index is 0.0218. The van der Waals surface area contributed by atoms with Crippen LogP contribution in [0.4, 0.5) is 0 Å². The van der Waals surface area contributed by atoms with Crippen LogP contribution in [0.15, 0.2) is 30.6 Å². The van der Waals surface area contributed by atoms with E-state index in [0.29, 0.717) is 30.3 Å². The molecule has 1 saturated carbocycles. The third-order valence-electron chi connectivity index (χ3n) is 4.89. The maximum absolute atomic E-state index is 12.4. The van der Waals surface area contributed by atoms with Crippen molar-refractivity contribution < 1.29 is 9.59 Å². The Morgan fingerprint density at radius 2 is 1.84 bits per heavy atom. The number of carbonyl (C=O) groups excluding carboxylic acids is 2. The highest BCUT2D eigenvalue weighted by Gasteiger charge is 2.28. The molecule has 130 valence electrons. The van der Waals surface area contributed by atoms with Crippen LogP contribution in [0.2, 0.25) is 0 Å². The molecule has 1 saturated heterocycles. The van der Waals surface area contributed by atoms with Crippen LogP contribution in [-0.4, -0.2) is 51.0 Å². The molecule has 1 aliphatic carbocycles. The predicted octanol–water partition coefficient (Wildman–Crippen LogP) is 1.72. The average Bonchev–Trinajstić information content (AvgIpc) is 3.39. The third-order valence-corrected chi connectivity index (χ3v) is 4.89. The summed E-state index contributed by atoms with van der Waals surface area (Å²) >= 11 is 0. The molecule has 7 heteroatoms. The number of pyridine rings is 1. The molecule has 0 aromatic carbocycles. The van der Waals surface area contributed by atoms with Gasteiger partial charge in [-0.15, -0.1) is 0 Å². The van der Waals surface area contributed by atoms with E-state index < -0.39 is 0 Å². The third kappa shape index (κ3) is 3.55. The molecule has 0 atom stereocenters. The lowest BCUT2D eigenvalue weighted by atomic mass is 10.0. The fourth-order valence-electron chi connectivity index (χ4n) is 3.22. The van der Waals surface area contributed by atoms with Crippen molar-refractivity contribution in [3.05, 3.63) is 47.5 Å². The number of aromatic amines is 1. The van der Waals surface area contributed by atoms with Crippen LogP contribution in [0.5, 0.6) is 0 Å². The number of piperidine rings is 1. The van der Waals surface area contributed by atoms with Gasteiger partial charge in [0.25, 0.3) is 11.8 Å². The zero-order valence-corrected chi connectivity index (χ0v) is 13.9. The summed E-state index contributed by atoms with van der Waals surface area (Å²) < 4.78 is 0. The molecular formula is C18H21N5O2. The van der Waals surface area contributed by atoms with E-state index in [-0.39, 0.29) is 17.9 Å². The molecule has 2 aliphatic rings. The summed E-state index contributed by atoms with van der Waals surface area (Å²) in [5, 5.41) is 10.1. The van der Waals surface area contributed by atoms with E-state index in [1.54, 1.807) is 24.5 Å². The molecule has 0 radical (unpaired) electrons. The van der Waals surface area contributed by atoms with Crippen molar-refractivity contribution in [2.75, 3.05) is 13.1 Å². The van der Waals surface area contributed by atoms with E-state index in [0.717, 1.165) is 18.5 Å². The Balaban J connectivity index is 1.29. The molecule has 2 fully saturated rings. The summed E-state index contributed by atoms with van der Waals surface area (Å²) in [6.45, 7) is 1.28. The second-order valence-corrected chi connectivity index (χ2v) is 6.76. The molecule has 1 aliphatic heterocycles. The standard InChI is InChI=1S/C18H21N5O2/c24-17(16-11-15(21-22-16)12-1-2-12)20-14-5-9-23(10-6-14)18(25)13-3-7-19-8-4-13/h3-4,7-8,11-12,14H,1-2,5-6,9-10H2,(H,20,24)(H,21,22). The first-order valence-corrected chi connectivity index (χ1v) is 8.76. The molecule has 25 heavy (non-hydrogen) atoms. The number of likely N-dealkylation sites (tertiary alicyclic amines) is 1. The van der Waals surface area contributed by atoms with E-state index in [9.17, 15) is 9.59 Å². The largest absolute Gasteiger partial charge is 0.348 e. The molecule has 0 bridgehead atoms. The van der Waals surface area contributed by atoms with Gasteiger partial charge in [-0.2, -0.15) is 5.10 Å². The summed E-state index contributed by atoms with van der Waals surface area (Å²) in [7, 11) is 0. The monoisotopic (exact) mass is 339 g/mol. The van der Waals surface area contributed by atoms with Crippen molar-refractivity contribution in [3.8, 4) is 0 Å². The minimum atomic E-state index is -0.137. The molecule has 7 nitrogen and oxygen atoms in total. The molecule has 2 aromatic heterocycles. The van der Waals surface area contributed by atoms with Crippen molar-refractivity contribution in [3.63, 3.8) is 0 Å². The Kier molecular flexibility index (Phi) is 4.21. The SMILES string of the molecule is O=C(NC1CCN(C(=O)c2ccncc2)CC1)c1cc(C2CC2)[nH]n1. The van der Waals surface area contributed by atoms with Gasteiger partial charge in [0.2, 0.25) is 0 Å². The molecule has 3 heterocycles. The average molecular weight is 339 g/mol. The molecule has 0 unspecified atom stereocenters.